The first-order chi connectivity index (χ1) is 10.7. The standard InChI is InChI=1S/C20H32O3/c1-11(2)17(21)9-7-12(3)16-10-18(22)14(5)15-8-6-13(4)19(15)20(16)23/h6,12,15-23H,1,5,7-10H2,2-4H3. The van der Waals surface area contributed by atoms with Gasteiger partial charge in [-0.1, -0.05) is 37.3 Å². The van der Waals surface area contributed by atoms with Gasteiger partial charge in [0.2, 0.25) is 0 Å². The summed E-state index contributed by atoms with van der Waals surface area (Å²) in [5, 5.41) is 31.4. The van der Waals surface area contributed by atoms with Crippen molar-refractivity contribution >= 4 is 0 Å². The Kier molecular flexibility index (Phi) is 5.88. The maximum Gasteiger partial charge on any atom is 0.0754 e. The molecular formula is C20H32O3. The van der Waals surface area contributed by atoms with E-state index in [0.29, 0.717) is 12.8 Å². The average Bonchev–Trinajstić information content (AvgIpc) is 2.85. The van der Waals surface area contributed by atoms with Crippen molar-refractivity contribution in [1.82, 2.24) is 0 Å². The van der Waals surface area contributed by atoms with Crippen LogP contribution >= 0.6 is 0 Å². The SMILES string of the molecule is C=C(C)C(O)CCC(C)C1CC(O)C(=C)C2CC=C(C)C2C1O. The predicted octanol–water partition coefficient (Wildman–Crippen LogP) is 3.22. The van der Waals surface area contributed by atoms with Gasteiger partial charge in [-0.05, 0) is 62.9 Å². The number of rotatable bonds is 5. The maximum atomic E-state index is 11.0. The summed E-state index contributed by atoms with van der Waals surface area (Å²) in [4.78, 5) is 0. The molecule has 3 nitrogen and oxygen atoms in total. The third-order valence-corrected chi connectivity index (χ3v) is 6.05. The van der Waals surface area contributed by atoms with Crippen LogP contribution in [-0.4, -0.2) is 33.6 Å². The van der Waals surface area contributed by atoms with Gasteiger partial charge in [0.05, 0.1) is 18.3 Å². The fourth-order valence-corrected chi connectivity index (χ4v) is 4.31. The molecule has 0 spiro atoms. The van der Waals surface area contributed by atoms with Gasteiger partial charge < -0.3 is 15.3 Å². The second-order valence-corrected chi connectivity index (χ2v) is 7.71. The molecule has 2 aliphatic rings. The van der Waals surface area contributed by atoms with Crippen molar-refractivity contribution in [2.24, 2.45) is 23.7 Å². The van der Waals surface area contributed by atoms with Crippen LogP contribution in [-0.2, 0) is 0 Å². The smallest absolute Gasteiger partial charge is 0.0754 e. The van der Waals surface area contributed by atoms with Gasteiger partial charge in [-0.15, -0.1) is 0 Å². The molecule has 0 heterocycles. The molecule has 0 radical (unpaired) electrons. The van der Waals surface area contributed by atoms with Crippen molar-refractivity contribution in [3.63, 3.8) is 0 Å². The molecule has 2 aliphatic carbocycles. The van der Waals surface area contributed by atoms with Crippen LogP contribution in [0.4, 0.5) is 0 Å². The molecule has 0 aromatic heterocycles. The molecule has 1 fully saturated rings. The molecule has 0 saturated heterocycles. The van der Waals surface area contributed by atoms with E-state index in [1.165, 1.54) is 5.57 Å². The predicted molar refractivity (Wildman–Crippen MR) is 93.8 cm³/mol. The van der Waals surface area contributed by atoms with Crippen molar-refractivity contribution in [1.29, 1.82) is 0 Å². The van der Waals surface area contributed by atoms with E-state index in [4.69, 9.17) is 0 Å². The molecule has 2 rings (SSSR count). The Labute approximate surface area is 140 Å². The van der Waals surface area contributed by atoms with E-state index in [9.17, 15) is 15.3 Å². The Balaban J connectivity index is 2.12. The first kappa shape index (κ1) is 18.4. The monoisotopic (exact) mass is 320 g/mol. The van der Waals surface area contributed by atoms with E-state index in [1.807, 2.05) is 6.92 Å². The molecule has 23 heavy (non-hydrogen) atoms. The molecule has 0 aliphatic heterocycles. The summed E-state index contributed by atoms with van der Waals surface area (Å²) in [5.74, 6) is 0.500. The van der Waals surface area contributed by atoms with Crippen molar-refractivity contribution in [2.75, 3.05) is 0 Å². The molecule has 0 aromatic carbocycles. The van der Waals surface area contributed by atoms with Gasteiger partial charge in [0, 0.05) is 5.92 Å². The van der Waals surface area contributed by atoms with Crippen molar-refractivity contribution in [3.8, 4) is 0 Å². The van der Waals surface area contributed by atoms with E-state index in [1.54, 1.807) is 0 Å². The third-order valence-electron chi connectivity index (χ3n) is 6.05. The number of allylic oxidation sites excluding steroid dienone is 1. The van der Waals surface area contributed by atoms with Gasteiger partial charge in [0.1, 0.15) is 0 Å². The Morgan fingerprint density at radius 3 is 2.61 bits per heavy atom. The average molecular weight is 320 g/mol. The topological polar surface area (TPSA) is 60.7 Å². The van der Waals surface area contributed by atoms with Crippen LogP contribution in [0.3, 0.4) is 0 Å². The van der Waals surface area contributed by atoms with Crippen LogP contribution in [0.2, 0.25) is 0 Å². The molecule has 7 atom stereocenters. The largest absolute Gasteiger partial charge is 0.392 e. The van der Waals surface area contributed by atoms with Gasteiger partial charge in [0.15, 0.2) is 0 Å². The van der Waals surface area contributed by atoms with Crippen LogP contribution < -0.4 is 0 Å². The molecule has 3 N–H and O–H groups in total. The molecular weight excluding hydrogens is 288 g/mol. The molecule has 0 bridgehead atoms. The van der Waals surface area contributed by atoms with Crippen LogP contribution in [0.1, 0.15) is 46.5 Å². The normalized spacial score (nSPS) is 36.9. The fraction of sp³-hybridized carbons (Fsp3) is 0.700. The van der Waals surface area contributed by atoms with Crippen LogP contribution in [0, 0.1) is 23.7 Å². The third kappa shape index (κ3) is 3.78. The highest BCUT2D eigenvalue weighted by Gasteiger charge is 2.44. The van der Waals surface area contributed by atoms with E-state index >= 15 is 0 Å². The van der Waals surface area contributed by atoms with Crippen LogP contribution in [0.25, 0.3) is 0 Å². The van der Waals surface area contributed by atoms with E-state index in [0.717, 1.165) is 24.0 Å². The summed E-state index contributed by atoms with van der Waals surface area (Å²) in [6, 6.07) is 0. The quantitative estimate of drug-likeness (QED) is 0.682. The molecule has 130 valence electrons. The van der Waals surface area contributed by atoms with E-state index in [-0.39, 0.29) is 23.7 Å². The fourth-order valence-electron chi connectivity index (χ4n) is 4.31. The van der Waals surface area contributed by atoms with Crippen LogP contribution in [0.5, 0.6) is 0 Å². The highest BCUT2D eigenvalue weighted by atomic mass is 16.3. The first-order valence-corrected chi connectivity index (χ1v) is 8.79. The van der Waals surface area contributed by atoms with E-state index < -0.39 is 18.3 Å². The zero-order valence-corrected chi connectivity index (χ0v) is 14.7. The van der Waals surface area contributed by atoms with Gasteiger partial charge in [-0.3, -0.25) is 0 Å². The number of fused-ring (bicyclic) bond motifs is 1. The lowest BCUT2D eigenvalue weighted by molar-refractivity contribution is 0.0189. The molecule has 7 unspecified atom stereocenters. The summed E-state index contributed by atoms with van der Waals surface area (Å²) in [6.07, 6.45) is 3.59. The zero-order valence-electron chi connectivity index (χ0n) is 14.7. The second kappa shape index (κ2) is 7.33. The summed E-state index contributed by atoms with van der Waals surface area (Å²) < 4.78 is 0. The van der Waals surface area contributed by atoms with E-state index in [2.05, 4.69) is 33.1 Å². The van der Waals surface area contributed by atoms with Crippen LogP contribution in [0.15, 0.2) is 36.0 Å². The van der Waals surface area contributed by atoms with Gasteiger partial charge in [-0.2, -0.15) is 0 Å². The number of aliphatic hydroxyl groups is 3. The zero-order chi connectivity index (χ0) is 17.3. The maximum absolute atomic E-state index is 11.0. The lowest BCUT2D eigenvalue weighted by atomic mass is 9.76. The number of hydrogen-bond acceptors (Lipinski definition) is 3. The van der Waals surface area contributed by atoms with Crippen molar-refractivity contribution in [2.45, 2.75) is 64.8 Å². The van der Waals surface area contributed by atoms with Gasteiger partial charge in [-0.25, -0.2) is 0 Å². The summed E-state index contributed by atoms with van der Waals surface area (Å²) in [6.45, 7) is 13.9. The minimum atomic E-state index is -0.544. The summed E-state index contributed by atoms with van der Waals surface area (Å²) >= 11 is 0. The van der Waals surface area contributed by atoms with Gasteiger partial charge in [0.25, 0.3) is 0 Å². The summed E-state index contributed by atoms with van der Waals surface area (Å²) in [7, 11) is 0. The highest BCUT2D eigenvalue weighted by molar-refractivity contribution is 5.26. The van der Waals surface area contributed by atoms with Crippen molar-refractivity contribution < 1.29 is 15.3 Å². The molecule has 0 aromatic rings. The number of aliphatic hydroxyl groups excluding tert-OH is 3. The van der Waals surface area contributed by atoms with Gasteiger partial charge >= 0.3 is 0 Å². The molecule has 0 amide bonds. The Bertz CT molecular complexity index is 493. The summed E-state index contributed by atoms with van der Waals surface area (Å²) in [5.41, 5.74) is 2.87. The van der Waals surface area contributed by atoms with Crippen molar-refractivity contribution in [3.05, 3.63) is 36.0 Å². The Hall–Kier alpha value is -0.900. The molecule has 3 heteroatoms. The second-order valence-electron chi connectivity index (χ2n) is 7.71. The minimum absolute atomic E-state index is 0.0236. The lowest BCUT2D eigenvalue weighted by Crippen LogP contribution is -2.35. The molecule has 1 saturated carbocycles. The minimum Gasteiger partial charge on any atom is -0.392 e. The first-order valence-electron chi connectivity index (χ1n) is 8.79. The highest BCUT2D eigenvalue weighted by Crippen LogP contribution is 2.47. The number of hydrogen-bond donors (Lipinski definition) is 3. The Morgan fingerprint density at radius 1 is 1.35 bits per heavy atom. The lowest BCUT2D eigenvalue weighted by Gasteiger charge is -2.33. The Morgan fingerprint density at radius 2 is 2.00 bits per heavy atom.